The first-order valence-corrected chi connectivity index (χ1v) is 6.69. The van der Waals surface area contributed by atoms with Gasteiger partial charge in [0.15, 0.2) is 0 Å². The average molecular weight is 273 g/mol. The van der Waals surface area contributed by atoms with Gasteiger partial charge in [-0.2, -0.15) is 5.10 Å². The lowest BCUT2D eigenvalue weighted by atomic mass is 10.2. The Bertz CT molecular complexity index is 537. The van der Waals surface area contributed by atoms with Gasteiger partial charge in [-0.1, -0.05) is 30.3 Å². The third-order valence-electron chi connectivity index (χ3n) is 2.78. The molecule has 2 aromatic rings. The molecule has 0 amide bonds. The summed E-state index contributed by atoms with van der Waals surface area (Å²) in [7, 11) is 0. The number of rotatable bonds is 7. The molecule has 2 rings (SSSR count). The molecule has 0 spiro atoms. The SMILES string of the molecule is CCOC(=O)CNCc1cnn(Cc2ccccc2)c1. The fourth-order valence-electron chi connectivity index (χ4n) is 1.88. The van der Waals surface area contributed by atoms with Crippen LogP contribution in [0.15, 0.2) is 42.7 Å². The van der Waals surface area contributed by atoms with Crippen molar-refractivity contribution >= 4 is 5.97 Å². The summed E-state index contributed by atoms with van der Waals surface area (Å²) in [5.41, 5.74) is 2.26. The molecule has 0 aliphatic carbocycles. The molecule has 0 atom stereocenters. The van der Waals surface area contributed by atoms with E-state index >= 15 is 0 Å². The van der Waals surface area contributed by atoms with E-state index in [4.69, 9.17) is 4.74 Å². The van der Waals surface area contributed by atoms with Gasteiger partial charge < -0.3 is 10.1 Å². The Morgan fingerprint density at radius 3 is 2.85 bits per heavy atom. The number of hydrogen-bond donors (Lipinski definition) is 1. The molecule has 1 N–H and O–H groups in total. The molecule has 106 valence electrons. The van der Waals surface area contributed by atoms with Crippen LogP contribution in [0.25, 0.3) is 0 Å². The highest BCUT2D eigenvalue weighted by Crippen LogP contribution is 2.03. The normalized spacial score (nSPS) is 10.4. The van der Waals surface area contributed by atoms with Crippen LogP contribution in [0.5, 0.6) is 0 Å². The molecule has 0 fully saturated rings. The third kappa shape index (κ3) is 4.51. The quantitative estimate of drug-likeness (QED) is 0.778. The van der Waals surface area contributed by atoms with E-state index in [-0.39, 0.29) is 12.5 Å². The van der Waals surface area contributed by atoms with Crippen molar-refractivity contribution in [2.75, 3.05) is 13.2 Å². The van der Waals surface area contributed by atoms with Gasteiger partial charge >= 0.3 is 5.97 Å². The molecule has 0 aliphatic heterocycles. The lowest BCUT2D eigenvalue weighted by Crippen LogP contribution is -2.24. The standard InChI is InChI=1S/C15H19N3O2/c1-2-20-15(19)10-16-8-14-9-17-18(12-14)11-13-6-4-3-5-7-13/h3-7,9,12,16H,2,8,10-11H2,1H3. The number of nitrogens with one attached hydrogen (secondary N) is 1. The van der Waals surface area contributed by atoms with Crippen molar-refractivity contribution in [1.82, 2.24) is 15.1 Å². The van der Waals surface area contributed by atoms with Gasteiger partial charge in [-0.05, 0) is 12.5 Å². The predicted molar refractivity (Wildman–Crippen MR) is 76.1 cm³/mol. The van der Waals surface area contributed by atoms with Crippen LogP contribution >= 0.6 is 0 Å². The van der Waals surface area contributed by atoms with Crippen LogP contribution in [0.3, 0.4) is 0 Å². The largest absolute Gasteiger partial charge is 0.465 e. The second-order valence-electron chi connectivity index (χ2n) is 4.44. The zero-order valence-corrected chi connectivity index (χ0v) is 11.6. The van der Waals surface area contributed by atoms with Crippen molar-refractivity contribution in [2.45, 2.75) is 20.0 Å². The van der Waals surface area contributed by atoms with Crippen molar-refractivity contribution < 1.29 is 9.53 Å². The molecular weight excluding hydrogens is 254 g/mol. The molecule has 1 aromatic heterocycles. The van der Waals surface area contributed by atoms with Gasteiger partial charge in [-0.15, -0.1) is 0 Å². The number of benzene rings is 1. The minimum Gasteiger partial charge on any atom is -0.465 e. The van der Waals surface area contributed by atoms with Gasteiger partial charge in [0.1, 0.15) is 0 Å². The molecule has 0 saturated heterocycles. The van der Waals surface area contributed by atoms with E-state index in [9.17, 15) is 4.79 Å². The number of carbonyl (C=O) groups excluding carboxylic acids is 1. The van der Waals surface area contributed by atoms with E-state index in [0.717, 1.165) is 12.1 Å². The summed E-state index contributed by atoms with van der Waals surface area (Å²) in [6.45, 7) is 3.78. The summed E-state index contributed by atoms with van der Waals surface area (Å²) in [5, 5.41) is 7.34. The van der Waals surface area contributed by atoms with E-state index in [2.05, 4.69) is 22.5 Å². The number of carbonyl (C=O) groups is 1. The Kier molecular flexibility index (Phi) is 5.32. The topological polar surface area (TPSA) is 56.1 Å². The first-order chi connectivity index (χ1) is 9.78. The summed E-state index contributed by atoms with van der Waals surface area (Å²) in [6.07, 6.45) is 3.78. The van der Waals surface area contributed by atoms with Crippen LogP contribution < -0.4 is 5.32 Å². The number of nitrogens with zero attached hydrogens (tertiary/aromatic N) is 2. The Labute approximate surface area is 118 Å². The monoisotopic (exact) mass is 273 g/mol. The highest BCUT2D eigenvalue weighted by Gasteiger charge is 2.03. The van der Waals surface area contributed by atoms with Gasteiger partial charge in [0.05, 0.1) is 25.9 Å². The minimum absolute atomic E-state index is 0.220. The lowest BCUT2D eigenvalue weighted by molar-refractivity contribution is -0.142. The Balaban J connectivity index is 1.79. The molecule has 0 radical (unpaired) electrons. The van der Waals surface area contributed by atoms with Crippen LogP contribution in [-0.4, -0.2) is 28.9 Å². The van der Waals surface area contributed by atoms with E-state index < -0.39 is 0 Å². The van der Waals surface area contributed by atoms with Crippen LogP contribution in [0.2, 0.25) is 0 Å². The smallest absolute Gasteiger partial charge is 0.319 e. The molecule has 1 heterocycles. The van der Waals surface area contributed by atoms with Gasteiger partial charge in [0, 0.05) is 18.3 Å². The number of aromatic nitrogens is 2. The van der Waals surface area contributed by atoms with Crippen LogP contribution in [0.4, 0.5) is 0 Å². The summed E-state index contributed by atoms with van der Waals surface area (Å²) in [5.74, 6) is -0.232. The maximum atomic E-state index is 11.2. The summed E-state index contributed by atoms with van der Waals surface area (Å²) >= 11 is 0. The van der Waals surface area contributed by atoms with Gasteiger partial charge in [-0.25, -0.2) is 0 Å². The minimum atomic E-state index is -0.232. The Morgan fingerprint density at radius 2 is 2.10 bits per heavy atom. The Morgan fingerprint density at radius 1 is 1.30 bits per heavy atom. The highest BCUT2D eigenvalue weighted by atomic mass is 16.5. The third-order valence-corrected chi connectivity index (χ3v) is 2.78. The summed E-state index contributed by atoms with van der Waals surface area (Å²) in [6, 6.07) is 10.2. The fourth-order valence-corrected chi connectivity index (χ4v) is 1.88. The van der Waals surface area contributed by atoms with Crippen molar-refractivity contribution in [3.8, 4) is 0 Å². The van der Waals surface area contributed by atoms with Crippen LogP contribution in [0, 0.1) is 0 Å². The fraction of sp³-hybridized carbons (Fsp3) is 0.333. The maximum absolute atomic E-state index is 11.2. The molecule has 0 bridgehead atoms. The molecule has 5 heteroatoms. The van der Waals surface area contributed by atoms with E-state index in [1.54, 1.807) is 13.1 Å². The zero-order chi connectivity index (χ0) is 14.2. The number of esters is 1. The zero-order valence-electron chi connectivity index (χ0n) is 11.6. The van der Waals surface area contributed by atoms with Gasteiger partial charge in [-0.3, -0.25) is 9.48 Å². The molecule has 0 saturated carbocycles. The number of hydrogen-bond acceptors (Lipinski definition) is 4. The van der Waals surface area contributed by atoms with Crippen molar-refractivity contribution in [1.29, 1.82) is 0 Å². The van der Waals surface area contributed by atoms with Gasteiger partial charge in [0.2, 0.25) is 0 Å². The highest BCUT2D eigenvalue weighted by molar-refractivity contribution is 5.71. The van der Waals surface area contributed by atoms with Crippen molar-refractivity contribution in [2.24, 2.45) is 0 Å². The molecule has 5 nitrogen and oxygen atoms in total. The van der Waals surface area contributed by atoms with Crippen molar-refractivity contribution in [3.05, 3.63) is 53.9 Å². The van der Waals surface area contributed by atoms with E-state index in [1.165, 1.54) is 5.56 Å². The van der Waals surface area contributed by atoms with E-state index in [0.29, 0.717) is 13.2 Å². The molecule has 20 heavy (non-hydrogen) atoms. The molecule has 1 aromatic carbocycles. The molecular formula is C15H19N3O2. The molecule has 0 unspecified atom stereocenters. The number of ether oxygens (including phenoxy) is 1. The predicted octanol–water partition coefficient (Wildman–Crippen LogP) is 1.58. The summed E-state index contributed by atoms with van der Waals surface area (Å²) < 4.78 is 6.73. The van der Waals surface area contributed by atoms with Crippen LogP contribution in [-0.2, 0) is 22.6 Å². The molecule has 0 aliphatic rings. The Hall–Kier alpha value is -2.14. The summed E-state index contributed by atoms with van der Waals surface area (Å²) in [4.78, 5) is 11.2. The first-order valence-electron chi connectivity index (χ1n) is 6.69. The maximum Gasteiger partial charge on any atom is 0.319 e. The van der Waals surface area contributed by atoms with Crippen LogP contribution in [0.1, 0.15) is 18.1 Å². The lowest BCUT2D eigenvalue weighted by Gasteiger charge is -2.03. The second kappa shape index (κ2) is 7.45. The average Bonchev–Trinajstić information content (AvgIpc) is 2.88. The van der Waals surface area contributed by atoms with Gasteiger partial charge in [0.25, 0.3) is 0 Å². The van der Waals surface area contributed by atoms with Crippen molar-refractivity contribution in [3.63, 3.8) is 0 Å². The second-order valence-corrected chi connectivity index (χ2v) is 4.44. The van der Waals surface area contributed by atoms with E-state index in [1.807, 2.05) is 29.1 Å². The first kappa shape index (κ1) is 14.3.